The summed E-state index contributed by atoms with van der Waals surface area (Å²) in [5.74, 6) is -0.575. The van der Waals surface area contributed by atoms with Crippen molar-refractivity contribution in [1.82, 2.24) is 0 Å². The summed E-state index contributed by atoms with van der Waals surface area (Å²) in [6, 6.07) is 12.4. The molecule has 144 valence electrons. The van der Waals surface area contributed by atoms with Crippen LogP contribution in [0.2, 0.25) is 0 Å². The van der Waals surface area contributed by atoms with Crippen molar-refractivity contribution in [2.45, 2.75) is 51.6 Å². The molecule has 2 N–H and O–H groups in total. The van der Waals surface area contributed by atoms with E-state index in [1.807, 2.05) is 12.1 Å². The Morgan fingerprint density at radius 1 is 1.07 bits per heavy atom. The molecule has 0 spiro atoms. The van der Waals surface area contributed by atoms with E-state index in [0.717, 1.165) is 29.8 Å². The lowest BCUT2D eigenvalue weighted by Crippen LogP contribution is -2.23. The molecule has 0 unspecified atom stereocenters. The third kappa shape index (κ3) is 5.46. The molecule has 1 aliphatic rings. The number of carbonyl (C=O) groups excluding carboxylic acids is 1. The van der Waals surface area contributed by atoms with E-state index in [-0.39, 0.29) is 11.8 Å². The first-order chi connectivity index (χ1) is 13.2. The van der Waals surface area contributed by atoms with Gasteiger partial charge in [0.25, 0.3) is 0 Å². The molecule has 3 rings (SSSR count). The van der Waals surface area contributed by atoms with Crippen LogP contribution >= 0.6 is 0 Å². The van der Waals surface area contributed by atoms with Crippen molar-refractivity contribution in [3.05, 3.63) is 59.4 Å². The third-order valence-corrected chi connectivity index (χ3v) is 4.89. The second kappa shape index (κ2) is 9.40. The van der Waals surface area contributed by atoms with Gasteiger partial charge in [-0.2, -0.15) is 0 Å². The van der Waals surface area contributed by atoms with E-state index in [4.69, 9.17) is 4.74 Å². The molecule has 0 radical (unpaired) electrons. The Labute approximate surface area is 160 Å². The highest BCUT2D eigenvalue weighted by atomic mass is 19.1. The van der Waals surface area contributed by atoms with Gasteiger partial charge in [0.15, 0.2) is 0 Å². The maximum Gasteiger partial charge on any atom is 0.338 e. The largest absolute Gasteiger partial charge is 0.462 e. The quantitative estimate of drug-likeness (QED) is 0.644. The normalized spacial score (nSPS) is 14.6. The van der Waals surface area contributed by atoms with Crippen molar-refractivity contribution in [3.63, 3.8) is 0 Å². The number of hydrogen-bond acceptors (Lipinski definition) is 4. The van der Waals surface area contributed by atoms with E-state index in [1.165, 1.54) is 31.4 Å². The smallest absolute Gasteiger partial charge is 0.338 e. The van der Waals surface area contributed by atoms with Gasteiger partial charge in [-0.3, -0.25) is 0 Å². The van der Waals surface area contributed by atoms with Crippen LogP contribution in [0.15, 0.2) is 42.5 Å². The van der Waals surface area contributed by atoms with Gasteiger partial charge >= 0.3 is 5.97 Å². The molecule has 0 aromatic heterocycles. The van der Waals surface area contributed by atoms with Gasteiger partial charge in [-0.05, 0) is 55.7 Å². The van der Waals surface area contributed by atoms with E-state index >= 15 is 0 Å². The maximum atomic E-state index is 13.1. The van der Waals surface area contributed by atoms with E-state index in [0.29, 0.717) is 24.8 Å². The summed E-state index contributed by atoms with van der Waals surface area (Å²) in [5, 5.41) is 7.00. The summed E-state index contributed by atoms with van der Waals surface area (Å²) < 4.78 is 18.2. The lowest BCUT2D eigenvalue weighted by Gasteiger charge is -2.25. The molecule has 0 bridgehead atoms. The summed E-state index contributed by atoms with van der Waals surface area (Å²) in [6.45, 7) is 2.69. The number of anilines is 2. The number of ether oxygens (including phenoxy) is 1. The minimum absolute atomic E-state index is 0.247. The zero-order valence-electron chi connectivity index (χ0n) is 15.8. The van der Waals surface area contributed by atoms with Gasteiger partial charge in [-0.25, -0.2) is 9.18 Å². The fourth-order valence-electron chi connectivity index (χ4n) is 3.42. The fourth-order valence-corrected chi connectivity index (χ4v) is 3.42. The number of hydrogen-bond donors (Lipinski definition) is 2. The molecule has 0 aliphatic heterocycles. The highest BCUT2D eigenvalue weighted by Crippen LogP contribution is 2.28. The topological polar surface area (TPSA) is 50.4 Å². The molecular formula is C22H27FN2O2. The van der Waals surface area contributed by atoms with Crippen LogP contribution in [0.4, 0.5) is 15.8 Å². The minimum Gasteiger partial charge on any atom is -0.462 e. The predicted molar refractivity (Wildman–Crippen MR) is 107 cm³/mol. The molecule has 1 saturated carbocycles. The van der Waals surface area contributed by atoms with Crippen molar-refractivity contribution >= 4 is 17.3 Å². The van der Waals surface area contributed by atoms with Gasteiger partial charge in [0.1, 0.15) is 5.82 Å². The first-order valence-electron chi connectivity index (χ1n) is 9.71. The summed E-state index contributed by atoms with van der Waals surface area (Å²) >= 11 is 0. The first kappa shape index (κ1) is 19.2. The first-order valence-corrected chi connectivity index (χ1v) is 9.71. The molecule has 2 aromatic carbocycles. The van der Waals surface area contributed by atoms with Gasteiger partial charge in [-0.1, -0.05) is 31.4 Å². The number of benzene rings is 2. The van der Waals surface area contributed by atoms with Crippen LogP contribution < -0.4 is 10.6 Å². The van der Waals surface area contributed by atoms with Crippen LogP contribution in [0, 0.1) is 5.82 Å². The lowest BCUT2D eigenvalue weighted by molar-refractivity contribution is 0.0526. The maximum absolute atomic E-state index is 13.1. The van der Waals surface area contributed by atoms with Gasteiger partial charge in [-0.15, -0.1) is 0 Å². The molecule has 1 aliphatic carbocycles. The Kier molecular flexibility index (Phi) is 6.69. The molecule has 1 fully saturated rings. The average molecular weight is 370 g/mol. The van der Waals surface area contributed by atoms with Crippen molar-refractivity contribution in [3.8, 4) is 0 Å². The summed E-state index contributed by atoms with van der Waals surface area (Å²) in [4.78, 5) is 12.1. The summed E-state index contributed by atoms with van der Waals surface area (Å²) in [5.41, 5.74) is 3.33. The van der Waals surface area contributed by atoms with Crippen LogP contribution in [-0.4, -0.2) is 18.6 Å². The molecule has 5 heteroatoms. The molecule has 0 atom stereocenters. The second-order valence-electron chi connectivity index (χ2n) is 6.94. The SMILES string of the molecule is CCOC(=O)c1ccc(NC2CCCCC2)c(NCc2ccc(F)cc2)c1. The van der Waals surface area contributed by atoms with Crippen LogP contribution in [0.3, 0.4) is 0 Å². The Balaban J connectivity index is 1.77. The number of esters is 1. The van der Waals surface area contributed by atoms with E-state index in [2.05, 4.69) is 10.6 Å². The Bertz CT molecular complexity index is 755. The zero-order valence-corrected chi connectivity index (χ0v) is 15.8. The average Bonchev–Trinajstić information content (AvgIpc) is 2.69. The number of carbonyl (C=O) groups is 1. The molecule has 0 saturated heterocycles. The molecule has 0 heterocycles. The van der Waals surface area contributed by atoms with E-state index < -0.39 is 0 Å². The monoisotopic (exact) mass is 370 g/mol. The van der Waals surface area contributed by atoms with Crippen LogP contribution in [0.25, 0.3) is 0 Å². The van der Waals surface area contributed by atoms with Gasteiger partial charge in [0.05, 0.1) is 23.5 Å². The number of halogens is 1. The van der Waals surface area contributed by atoms with Crippen molar-refractivity contribution in [2.24, 2.45) is 0 Å². The predicted octanol–water partition coefficient (Wildman–Crippen LogP) is 5.36. The van der Waals surface area contributed by atoms with Crippen molar-refractivity contribution in [1.29, 1.82) is 0 Å². The standard InChI is InChI=1S/C22H27FN2O2/c1-2-27-22(26)17-10-13-20(25-19-6-4-3-5-7-19)21(14-17)24-15-16-8-11-18(23)12-9-16/h8-14,19,24-25H,2-7,15H2,1H3. The highest BCUT2D eigenvalue weighted by Gasteiger charge is 2.16. The van der Waals surface area contributed by atoms with E-state index in [1.54, 1.807) is 25.1 Å². The van der Waals surface area contributed by atoms with Gasteiger partial charge in [0.2, 0.25) is 0 Å². The number of nitrogens with one attached hydrogen (secondary N) is 2. The lowest BCUT2D eigenvalue weighted by atomic mass is 9.95. The van der Waals surface area contributed by atoms with Crippen LogP contribution in [0.5, 0.6) is 0 Å². The van der Waals surface area contributed by atoms with Crippen molar-refractivity contribution in [2.75, 3.05) is 17.2 Å². The summed E-state index contributed by atoms with van der Waals surface area (Å²) in [6.07, 6.45) is 6.12. The molecular weight excluding hydrogens is 343 g/mol. The Morgan fingerprint density at radius 3 is 2.52 bits per heavy atom. The Morgan fingerprint density at radius 2 is 1.81 bits per heavy atom. The van der Waals surface area contributed by atoms with Gasteiger partial charge < -0.3 is 15.4 Å². The second-order valence-corrected chi connectivity index (χ2v) is 6.94. The molecule has 0 amide bonds. The van der Waals surface area contributed by atoms with Crippen LogP contribution in [-0.2, 0) is 11.3 Å². The van der Waals surface area contributed by atoms with Crippen LogP contribution in [0.1, 0.15) is 54.9 Å². The Hall–Kier alpha value is -2.56. The number of rotatable bonds is 7. The minimum atomic E-state index is -0.327. The molecule has 2 aromatic rings. The van der Waals surface area contributed by atoms with E-state index in [9.17, 15) is 9.18 Å². The van der Waals surface area contributed by atoms with Gasteiger partial charge in [0, 0.05) is 12.6 Å². The fraction of sp³-hybridized carbons (Fsp3) is 0.409. The molecule has 4 nitrogen and oxygen atoms in total. The summed E-state index contributed by atoms with van der Waals surface area (Å²) in [7, 11) is 0. The highest BCUT2D eigenvalue weighted by molar-refractivity contribution is 5.92. The van der Waals surface area contributed by atoms with Crippen molar-refractivity contribution < 1.29 is 13.9 Å². The third-order valence-electron chi connectivity index (χ3n) is 4.89. The molecule has 27 heavy (non-hydrogen) atoms. The zero-order chi connectivity index (χ0) is 19.1.